The van der Waals surface area contributed by atoms with Crippen molar-refractivity contribution < 1.29 is 9.21 Å². The second-order valence-corrected chi connectivity index (χ2v) is 6.22. The number of hydrogen-bond donors (Lipinski definition) is 1. The van der Waals surface area contributed by atoms with Crippen LogP contribution in [0.25, 0.3) is 22.6 Å². The van der Waals surface area contributed by atoms with Gasteiger partial charge in [-0.1, -0.05) is 18.2 Å². The molecule has 1 aromatic heterocycles. The molecular weight excluding hydrogens is 302 g/mol. The summed E-state index contributed by atoms with van der Waals surface area (Å²) in [5.74, 6) is 0.00746. The van der Waals surface area contributed by atoms with Gasteiger partial charge in [0.25, 0.3) is 5.91 Å². The van der Waals surface area contributed by atoms with Gasteiger partial charge < -0.3 is 10.2 Å². The molecule has 2 aromatic carbocycles. The lowest BCUT2D eigenvalue weighted by Crippen LogP contribution is -2.18. The van der Waals surface area contributed by atoms with Crippen molar-refractivity contribution in [3.8, 4) is 11.5 Å². The Kier molecular flexibility index (Phi) is 3.78. The van der Waals surface area contributed by atoms with E-state index in [1.807, 2.05) is 18.2 Å². The molecule has 1 saturated heterocycles. The first kappa shape index (κ1) is 14.9. The van der Waals surface area contributed by atoms with E-state index >= 15 is 0 Å². The predicted octanol–water partition coefficient (Wildman–Crippen LogP) is 3.19. The van der Waals surface area contributed by atoms with Crippen molar-refractivity contribution in [3.63, 3.8) is 0 Å². The SMILES string of the molecule is NC(=O)c1cccc2nc(-c3cccc(CN4CCCC4)c3)oc12. The third-order valence-corrected chi connectivity index (χ3v) is 4.46. The minimum absolute atomic E-state index is 0.361. The average molecular weight is 321 g/mol. The van der Waals surface area contributed by atoms with Gasteiger partial charge in [-0.25, -0.2) is 4.98 Å². The van der Waals surface area contributed by atoms with E-state index in [0.717, 1.165) is 25.2 Å². The van der Waals surface area contributed by atoms with Crippen molar-refractivity contribution >= 4 is 17.0 Å². The van der Waals surface area contributed by atoms with Gasteiger partial charge in [-0.3, -0.25) is 9.69 Å². The quantitative estimate of drug-likeness (QED) is 0.801. The molecule has 1 aliphatic rings. The number of rotatable bonds is 4. The maximum absolute atomic E-state index is 11.5. The zero-order valence-corrected chi connectivity index (χ0v) is 13.4. The van der Waals surface area contributed by atoms with Crippen molar-refractivity contribution in [2.45, 2.75) is 19.4 Å². The molecule has 24 heavy (non-hydrogen) atoms. The van der Waals surface area contributed by atoms with Gasteiger partial charge in [-0.15, -0.1) is 0 Å². The van der Waals surface area contributed by atoms with Crippen LogP contribution < -0.4 is 5.73 Å². The molecule has 0 unspecified atom stereocenters. The molecule has 0 atom stereocenters. The maximum atomic E-state index is 11.5. The third kappa shape index (κ3) is 2.78. The Morgan fingerprint density at radius 3 is 2.75 bits per heavy atom. The number of primary amides is 1. The summed E-state index contributed by atoms with van der Waals surface area (Å²) < 4.78 is 5.85. The number of likely N-dealkylation sites (tertiary alicyclic amines) is 1. The van der Waals surface area contributed by atoms with Crippen LogP contribution in [-0.4, -0.2) is 28.9 Å². The summed E-state index contributed by atoms with van der Waals surface area (Å²) >= 11 is 0. The van der Waals surface area contributed by atoms with Crippen LogP contribution in [-0.2, 0) is 6.54 Å². The third-order valence-electron chi connectivity index (χ3n) is 4.46. The first-order valence-electron chi connectivity index (χ1n) is 8.22. The number of amides is 1. The lowest BCUT2D eigenvalue weighted by Gasteiger charge is -2.14. The number of aromatic nitrogens is 1. The number of carbonyl (C=O) groups excluding carboxylic acids is 1. The van der Waals surface area contributed by atoms with Crippen molar-refractivity contribution in [1.29, 1.82) is 0 Å². The minimum Gasteiger partial charge on any atom is -0.435 e. The molecule has 0 spiro atoms. The van der Waals surface area contributed by atoms with Crippen LogP contribution in [0.15, 0.2) is 46.9 Å². The van der Waals surface area contributed by atoms with Crippen LogP contribution in [0.5, 0.6) is 0 Å². The highest BCUT2D eigenvalue weighted by atomic mass is 16.3. The van der Waals surface area contributed by atoms with E-state index in [2.05, 4.69) is 22.0 Å². The van der Waals surface area contributed by atoms with E-state index in [1.165, 1.54) is 18.4 Å². The van der Waals surface area contributed by atoms with Crippen LogP contribution in [0.4, 0.5) is 0 Å². The Balaban J connectivity index is 1.69. The minimum atomic E-state index is -0.508. The summed E-state index contributed by atoms with van der Waals surface area (Å²) in [7, 11) is 0. The second kappa shape index (κ2) is 6.09. The number of carbonyl (C=O) groups is 1. The first-order chi connectivity index (χ1) is 11.7. The Labute approximate surface area is 140 Å². The summed E-state index contributed by atoms with van der Waals surface area (Å²) in [5, 5.41) is 0. The Morgan fingerprint density at radius 1 is 1.17 bits per heavy atom. The standard InChI is InChI=1S/C19H19N3O2/c20-18(23)15-7-4-8-16-17(15)24-19(21-16)14-6-3-5-13(11-14)12-22-9-1-2-10-22/h3-8,11H,1-2,9-10,12H2,(H2,20,23). The van der Waals surface area contributed by atoms with Gasteiger partial charge in [-0.2, -0.15) is 0 Å². The van der Waals surface area contributed by atoms with Crippen molar-refractivity contribution in [2.75, 3.05) is 13.1 Å². The fourth-order valence-corrected chi connectivity index (χ4v) is 3.27. The maximum Gasteiger partial charge on any atom is 0.252 e. The van der Waals surface area contributed by atoms with E-state index in [-0.39, 0.29) is 0 Å². The average Bonchev–Trinajstić information content (AvgIpc) is 3.23. The molecule has 0 saturated carbocycles. The second-order valence-electron chi connectivity index (χ2n) is 6.22. The lowest BCUT2D eigenvalue weighted by molar-refractivity contribution is 0.100. The number of benzene rings is 2. The van der Waals surface area contributed by atoms with Gasteiger partial charge in [0.2, 0.25) is 5.89 Å². The van der Waals surface area contributed by atoms with Crippen LogP contribution in [0, 0.1) is 0 Å². The van der Waals surface area contributed by atoms with Crippen LogP contribution >= 0.6 is 0 Å². The summed E-state index contributed by atoms with van der Waals surface area (Å²) in [4.78, 5) is 18.5. The predicted molar refractivity (Wildman–Crippen MR) is 92.5 cm³/mol. The van der Waals surface area contributed by atoms with E-state index in [9.17, 15) is 4.79 Å². The fourth-order valence-electron chi connectivity index (χ4n) is 3.27. The van der Waals surface area contributed by atoms with Gasteiger partial charge in [0.15, 0.2) is 5.58 Å². The van der Waals surface area contributed by atoms with Gasteiger partial charge in [0.05, 0.1) is 5.56 Å². The van der Waals surface area contributed by atoms with Crippen molar-refractivity contribution in [3.05, 3.63) is 53.6 Å². The Hall–Kier alpha value is -2.66. The normalized spacial score (nSPS) is 15.2. The summed E-state index contributed by atoms with van der Waals surface area (Å²) in [6, 6.07) is 13.5. The molecule has 2 heterocycles. The summed E-state index contributed by atoms with van der Waals surface area (Å²) in [5.41, 5.74) is 9.02. The molecule has 3 aromatic rings. The van der Waals surface area contributed by atoms with E-state index in [0.29, 0.717) is 22.6 Å². The molecular formula is C19H19N3O2. The number of nitrogens with zero attached hydrogens (tertiary/aromatic N) is 2. The molecule has 1 amide bonds. The Morgan fingerprint density at radius 2 is 1.96 bits per heavy atom. The van der Waals surface area contributed by atoms with Crippen LogP contribution in [0.1, 0.15) is 28.8 Å². The number of para-hydroxylation sites is 1. The first-order valence-corrected chi connectivity index (χ1v) is 8.22. The van der Waals surface area contributed by atoms with E-state index < -0.39 is 5.91 Å². The molecule has 5 nitrogen and oxygen atoms in total. The van der Waals surface area contributed by atoms with Crippen molar-refractivity contribution in [1.82, 2.24) is 9.88 Å². The molecule has 0 aliphatic carbocycles. The number of fused-ring (bicyclic) bond motifs is 1. The molecule has 1 fully saturated rings. The zero-order valence-electron chi connectivity index (χ0n) is 13.4. The topological polar surface area (TPSA) is 72.4 Å². The molecule has 0 bridgehead atoms. The largest absolute Gasteiger partial charge is 0.435 e. The highest BCUT2D eigenvalue weighted by molar-refractivity contribution is 6.03. The highest BCUT2D eigenvalue weighted by Crippen LogP contribution is 2.27. The highest BCUT2D eigenvalue weighted by Gasteiger charge is 2.16. The van der Waals surface area contributed by atoms with Crippen LogP contribution in [0.3, 0.4) is 0 Å². The molecule has 4 rings (SSSR count). The van der Waals surface area contributed by atoms with Gasteiger partial charge >= 0.3 is 0 Å². The zero-order chi connectivity index (χ0) is 16.5. The van der Waals surface area contributed by atoms with Gasteiger partial charge in [0, 0.05) is 12.1 Å². The molecule has 5 heteroatoms. The van der Waals surface area contributed by atoms with Crippen molar-refractivity contribution in [2.24, 2.45) is 5.73 Å². The summed E-state index contributed by atoms with van der Waals surface area (Å²) in [6.07, 6.45) is 2.56. The summed E-state index contributed by atoms with van der Waals surface area (Å²) in [6.45, 7) is 3.27. The fraction of sp³-hybridized carbons (Fsp3) is 0.263. The molecule has 122 valence electrons. The molecule has 2 N–H and O–H groups in total. The number of hydrogen-bond acceptors (Lipinski definition) is 4. The molecule has 0 radical (unpaired) electrons. The van der Waals surface area contributed by atoms with E-state index in [4.69, 9.17) is 10.2 Å². The van der Waals surface area contributed by atoms with E-state index in [1.54, 1.807) is 12.1 Å². The van der Waals surface area contributed by atoms with Gasteiger partial charge in [0.1, 0.15) is 5.52 Å². The number of nitrogens with two attached hydrogens (primary N) is 1. The molecule has 1 aliphatic heterocycles. The van der Waals surface area contributed by atoms with Gasteiger partial charge in [-0.05, 0) is 55.8 Å². The monoisotopic (exact) mass is 321 g/mol. The Bertz CT molecular complexity index is 895. The number of oxazole rings is 1. The smallest absolute Gasteiger partial charge is 0.252 e. The van der Waals surface area contributed by atoms with Crippen LogP contribution in [0.2, 0.25) is 0 Å². The lowest BCUT2D eigenvalue weighted by atomic mass is 10.1.